The number of benzene rings is 4. The Kier molecular flexibility index (Phi) is 7.35. The number of primary amides is 1. The number of carbonyl (C=O) groups is 3. The van der Waals surface area contributed by atoms with Crippen LogP contribution in [-0.2, 0) is 40.3 Å². The Balaban J connectivity index is 1.36. The van der Waals surface area contributed by atoms with Gasteiger partial charge in [0.1, 0.15) is 18.7 Å². The highest BCUT2D eigenvalue weighted by Gasteiger charge is 2.37. The van der Waals surface area contributed by atoms with E-state index in [1.54, 1.807) is 0 Å². The highest BCUT2D eigenvalue weighted by atomic mass is 16.6. The average molecular weight is 508 g/mol. The van der Waals surface area contributed by atoms with E-state index in [0.29, 0.717) is 6.42 Å². The van der Waals surface area contributed by atoms with Gasteiger partial charge < -0.3 is 15.8 Å². The third kappa shape index (κ3) is 5.52. The van der Waals surface area contributed by atoms with E-state index in [9.17, 15) is 14.4 Å². The SMILES string of the molecule is NC(=O)[C@@H](Cc1cccc2ccccc12)NC(=O)[C@@H]1Cc2ccccc2CN1C(=O)OCc1ccccc1. The van der Waals surface area contributed by atoms with Crippen molar-refractivity contribution in [2.45, 2.75) is 38.1 Å². The van der Waals surface area contributed by atoms with E-state index in [2.05, 4.69) is 5.32 Å². The van der Waals surface area contributed by atoms with Crippen LogP contribution in [0.5, 0.6) is 0 Å². The summed E-state index contributed by atoms with van der Waals surface area (Å²) in [5.74, 6) is -1.08. The van der Waals surface area contributed by atoms with Crippen LogP contribution in [0.15, 0.2) is 97.1 Å². The molecule has 7 nitrogen and oxygen atoms in total. The van der Waals surface area contributed by atoms with Crippen LogP contribution < -0.4 is 11.1 Å². The number of ether oxygens (including phenoxy) is 1. The van der Waals surface area contributed by atoms with Gasteiger partial charge in [-0.1, -0.05) is 97.1 Å². The summed E-state index contributed by atoms with van der Waals surface area (Å²) in [6.45, 7) is 0.323. The van der Waals surface area contributed by atoms with Crippen LogP contribution in [0.3, 0.4) is 0 Å². The Morgan fingerprint density at radius 3 is 2.34 bits per heavy atom. The first-order chi connectivity index (χ1) is 18.5. The molecule has 4 aromatic rings. The summed E-state index contributed by atoms with van der Waals surface area (Å²) in [5, 5.41) is 4.86. The van der Waals surface area contributed by atoms with Gasteiger partial charge in [0.05, 0.1) is 6.54 Å². The molecule has 0 saturated carbocycles. The van der Waals surface area contributed by atoms with E-state index in [1.165, 1.54) is 4.90 Å². The van der Waals surface area contributed by atoms with Gasteiger partial charge in [-0.25, -0.2) is 4.79 Å². The summed E-state index contributed by atoms with van der Waals surface area (Å²) in [5.41, 5.74) is 9.41. The number of fused-ring (bicyclic) bond motifs is 2. The van der Waals surface area contributed by atoms with Gasteiger partial charge in [-0.2, -0.15) is 0 Å². The molecule has 0 fully saturated rings. The molecule has 4 aromatic carbocycles. The van der Waals surface area contributed by atoms with Gasteiger partial charge in [-0.05, 0) is 33.0 Å². The first kappa shape index (κ1) is 25.0. The number of amides is 3. The first-order valence-corrected chi connectivity index (χ1v) is 12.6. The quantitative estimate of drug-likeness (QED) is 0.393. The number of nitrogens with two attached hydrogens (primary N) is 1. The minimum absolute atomic E-state index is 0.0944. The molecule has 0 spiro atoms. The lowest BCUT2D eigenvalue weighted by atomic mass is 9.93. The molecule has 3 amide bonds. The fourth-order valence-corrected chi connectivity index (χ4v) is 4.93. The zero-order valence-electron chi connectivity index (χ0n) is 20.9. The Morgan fingerprint density at radius 1 is 0.868 bits per heavy atom. The molecule has 0 radical (unpaired) electrons. The fourth-order valence-electron chi connectivity index (χ4n) is 4.93. The van der Waals surface area contributed by atoms with Crippen molar-refractivity contribution in [1.82, 2.24) is 10.2 Å². The Hall–Kier alpha value is -4.65. The van der Waals surface area contributed by atoms with Crippen molar-refractivity contribution in [3.63, 3.8) is 0 Å². The van der Waals surface area contributed by atoms with E-state index < -0.39 is 30.0 Å². The van der Waals surface area contributed by atoms with Crippen molar-refractivity contribution in [3.05, 3.63) is 119 Å². The average Bonchev–Trinajstić information content (AvgIpc) is 2.95. The smallest absolute Gasteiger partial charge is 0.411 e. The molecule has 1 aliphatic rings. The Morgan fingerprint density at radius 2 is 1.55 bits per heavy atom. The predicted octanol–water partition coefficient (Wildman–Crippen LogP) is 4.12. The minimum Gasteiger partial charge on any atom is -0.445 e. The van der Waals surface area contributed by atoms with Crippen LogP contribution in [0.1, 0.15) is 22.3 Å². The fraction of sp³-hybridized carbons (Fsp3) is 0.194. The number of rotatable bonds is 7. The normalized spacial score (nSPS) is 15.4. The van der Waals surface area contributed by atoms with Crippen LogP contribution in [0.25, 0.3) is 10.8 Å². The van der Waals surface area contributed by atoms with Crippen LogP contribution in [0, 0.1) is 0 Å². The van der Waals surface area contributed by atoms with Crippen molar-refractivity contribution < 1.29 is 19.1 Å². The third-order valence-electron chi connectivity index (χ3n) is 6.95. The molecule has 5 rings (SSSR count). The number of carbonyl (C=O) groups excluding carboxylic acids is 3. The number of hydrogen-bond donors (Lipinski definition) is 2. The summed E-state index contributed by atoms with van der Waals surface area (Å²) < 4.78 is 5.57. The summed E-state index contributed by atoms with van der Waals surface area (Å²) >= 11 is 0. The van der Waals surface area contributed by atoms with Crippen LogP contribution >= 0.6 is 0 Å². The minimum atomic E-state index is -0.937. The monoisotopic (exact) mass is 507 g/mol. The molecule has 38 heavy (non-hydrogen) atoms. The molecule has 0 aromatic heterocycles. The molecular formula is C31H29N3O4. The summed E-state index contributed by atoms with van der Waals surface area (Å²) in [6.07, 6.45) is -0.0416. The molecule has 7 heteroatoms. The predicted molar refractivity (Wildman–Crippen MR) is 145 cm³/mol. The lowest BCUT2D eigenvalue weighted by molar-refractivity contribution is -0.131. The molecular weight excluding hydrogens is 478 g/mol. The second kappa shape index (κ2) is 11.2. The Labute approximate surface area is 221 Å². The van der Waals surface area contributed by atoms with Crippen molar-refractivity contribution in [1.29, 1.82) is 0 Å². The van der Waals surface area contributed by atoms with Gasteiger partial charge in [-0.3, -0.25) is 14.5 Å². The Bertz CT molecular complexity index is 1470. The molecule has 0 saturated heterocycles. The van der Waals surface area contributed by atoms with Crippen molar-refractivity contribution in [2.75, 3.05) is 0 Å². The maximum absolute atomic E-state index is 13.6. The second-order valence-electron chi connectivity index (χ2n) is 9.46. The highest BCUT2D eigenvalue weighted by molar-refractivity contribution is 5.92. The van der Waals surface area contributed by atoms with Crippen molar-refractivity contribution in [3.8, 4) is 0 Å². The molecule has 2 atom stereocenters. The molecule has 192 valence electrons. The lowest BCUT2D eigenvalue weighted by Gasteiger charge is -2.35. The molecule has 0 bridgehead atoms. The molecule has 1 heterocycles. The first-order valence-electron chi connectivity index (χ1n) is 12.6. The standard InChI is InChI=1S/C31H29N3O4/c32-29(35)27(17-24-15-8-14-22-11-6-7-16-26(22)24)33-30(36)28-18-23-12-4-5-13-25(23)19-34(28)31(37)38-20-21-9-2-1-3-10-21/h1-16,27-28H,17-20H2,(H2,32,35)(H,33,36)/t27-,28+/m1/s1. The van der Waals surface area contributed by atoms with Gasteiger partial charge in [0.15, 0.2) is 0 Å². The molecule has 1 aliphatic heterocycles. The van der Waals surface area contributed by atoms with Gasteiger partial charge in [-0.15, -0.1) is 0 Å². The maximum Gasteiger partial charge on any atom is 0.411 e. The van der Waals surface area contributed by atoms with Gasteiger partial charge in [0.2, 0.25) is 11.8 Å². The van der Waals surface area contributed by atoms with Crippen molar-refractivity contribution >= 4 is 28.7 Å². The zero-order valence-corrected chi connectivity index (χ0v) is 20.9. The molecule has 3 N–H and O–H groups in total. The van der Waals surface area contributed by atoms with Crippen LogP contribution in [-0.4, -0.2) is 34.9 Å². The largest absolute Gasteiger partial charge is 0.445 e. The second-order valence-corrected chi connectivity index (χ2v) is 9.46. The van der Waals surface area contributed by atoms with Gasteiger partial charge in [0, 0.05) is 12.8 Å². The highest BCUT2D eigenvalue weighted by Crippen LogP contribution is 2.25. The summed E-state index contributed by atoms with van der Waals surface area (Å²) in [4.78, 5) is 40.6. The molecule has 0 aliphatic carbocycles. The van der Waals surface area contributed by atoms with Gasteiger partial charge >= 0.3 is 6.09 Å². The summed E-state index contributed by atoms with van der Waals surface area (Å²) in [6, 6.07) is 29.0. The maximum atomic E-state index is 13.6. The summed E-state index contributed by atoms with van der Waals surface area (Å²) in [7, 11) is 0. The zero-order chi connectivity index (χ0) is 26.5. The number of nitrogens with zero attached hydrogens (tertiary/aromatic N) is 1. The van der Waals surface area contributed by atoms with Gasteiger partial charge in [0.25, 0.3) is 0 Å². The van der Waals surface area contributed by atoms with E-state index in [1.807, 2.05) is 97.1 Å². The van der Waals surface area contributed by atoms with Crippen LogP contribution in [0.4, 0.5) is 4.79 Å². The van der Waals surface area contributed by atoms with E-state index in [4.69, 9.17) is 10.5 Å². The van der Waals surface area contributed by atoms with Crippen LogP contribution in [0.2, 0.25) is 0 Å². The van der Waals surface area contributed by atoms with E-state index >= 15 is 0 Å². The third-order valence-corrected chi connectivity index (χ3v) is 6.95. The van der Waals surface area contributed by atoms with E-state index in [-0.39, 0.29) is 19.6 Å². The lowest BCUT2D eigenvalue weighted by Crippen LogP contribution is -2.56. The number of nitrogens with one attached hydrogen (secondary N) is 1. The molecule has 0 unspecified atom stereocenters. The topological polar surface area (TPSA) is 102 Å². The van der Waals surface area contributed by atoms with E-state index in [0.717, 1.165) is 33.0 Å². The van der Waals surface area contributed by atoms with Crippen molar-refractivity contribution in [2.24, 2.45) is 5.73 Å². The number of hydrogen-bond acceptors (Lipinski definition) is 4.